The molecule has 0 saturated carbocycles. The van der Waals surface area contributed by atoms with Crippen molar-refractivity contribution in [3.8, 4) is 0 Å². The van der Waals surface area contributed by atoms with E-state index in [1.807, 2.05) is 0 Å². The van der Waals surface area contributed by atoms with Crippen LogP contribution in [0.4, 0.5) is 0 Å². The van der Waals surface area contributed by atoms with Crippen LogP contribution in [0.25, 0.3) is 0 Å². The SMILES string of the molecule is CC(NS(=O)(=O)c1ccccc1Cn1cncn1)c1ccc(Cl)cc1Cl. The van der Waals surface area contributed by atoms with Gasteiger partial charge in [0.05, 0.1) is 11.4 Å². The molecule has 0 fully saturated rings. The molecule has 1 atom stereocenters. The smallest absolute Gasteiger partial charge is 0.241 e. The Morgan fingerprint density at radius 2 is 1.96 bits per heavy atom. The van der Waals surface area contributed by atoms with Gasteiger partial charge in [0.15, 0.2) is 0 Å². The summed E-state index contributed by atoms with van der Waals surface area (Å²) in [5.74, 6) is 0. The first kappa shape index (κ1) is 18.8. The summed E-state index contributed by atoms with van der Waals surface area (Å²) in [6.45, 7) is 2.03. The standard InChI is InChI=1S/C17H16Cl2N4O2S/c1-12(15-7-6-14(18)8-16(15)19)22-26(24,25)17-5-3-2-4-13(17)9-23-11-20-10-21-23/h2-8,10-12,22H,9H2,1H3. The molecule has 0 radical (unpaired) electrons. The van der Waals surface area contributed by atoms with Gasteiger partial charge in [-0.3, -0.25) is 0 Å². The molecule has 0 aliphatic heterocycles. The second kappa shape index (κ2) is 7.75. The minimum absolute atomic E-state index is 0.187. The monoisotopic (exact) mass is 410 g/mol. The predicted octanol–water partition coefficient (Wildman–Crippen LogP) is 3.67. The van der Waals surface area contributed by atoms with Gasteiger partial charge in [-0.2, -0.15) is 5.10 Å². The van der Waals surface area contributed by atoms with E-state index in [0.29, 0.717) is 27.7 Å². The van der Waals surface area contributed by atoms with E-state index >= 15 is 0 Å². The molecule has 3 rings (SSSR count). The molecule has 0 saturated heterocycles. The van der Waals surface area contributed by atoms with Crippen LogP contribution in [0.2, 0.25) is 10.0 Å². The van der Waals surface area contributed by atoms with Gasteiger partial charge in [0.1, 0.15) is 12.7 Å². The van der Waals surface area contributed by atoms with Gasteiger partial charge in [-0.25, -0.2) is 22.8 Å². The third-order valence-electron chi connectivity index (χ3n) is 3.82. The van der Waals surface area contributed by atoms with Crippen LogP contribution in [-0.2, 0) is 16.6 Å². The van der Waals surface area contributed by atoms with E-state index in [1.165, 1.54) is 12.7 Å². The van der Waals surface area contributed by atoms with E-state index in [0.717, 1.165) is 0 Å². The zero-order valence-electron chi connectivity index (χ0n) is 13.8. The largest absolute Gasteiger partial charge is 0.249 e. The van der Waals surface area contributed by atoms with E-state index in [4.69, 9.17) is 23.2 Å². The first-order valence-corrected chi connectivity index (χ1v) is 9.98. The summed E-state index contributed by atoms with van der Waals surface area (Å²) >= 11 is 12.1. The van der Waals surface area contributed by atoms with Crippen LogP contribution < -0.4 is 4.72 Å². The Labute approximate surface area is 161 Å². The van der Waals surface area contributed by atoms with Crippen molar-refractivity contribution < 1.29 is 8.42 Å². The summed E-state index contributed by atoms with van der Waals surface area (Å²) in [5.41, 5.74) is 1.26. The lowest BCUT2D eigenvalue weighted by atomic mass is 10.1. The lowest BCUT2D eigenvalue weighted by Gasteiger charge is -2.18. The van der Waals surface area contributed by atoms with Crippen LogP contribution in [0.1, 0.15) is 24.1 Å². The van der Waals surface area contributed by atoms with Crippen molar-refractivity contribution in [3.05, 3.63) is 76.3 Å². The summed E-state index contributed by atoms with van der Waals surface area (Å²) in [6, 6.07) is 11.2. The number of nitrogens with one attached hydrogen (secondary N) is 1. The van der Waals surface area contributed by atoms with Crippen molar-refractivity contribution in [2.45, 2.75) is 24.4 Å². The highest BCUT2D eigenvalue weighted by molar-refractivity contribution is 7.89. The van der Waals surface area contributed by atoms with Crippen molar-refractivity contribution in [1.29, 1.82) is 0 Å². The van der Waals surface area contributed by atoms with Crippen molar-refractivity contribution >= 4 is 33.2 Å². The Morgan fingerprint density at radius 3 is 2.65 bits per heavy atom. The zero-order chi connectivity index (χ0) is 18.7. The molecule has 1 heterocycles. The maximum Gasteiger partial charge on any atom is 0.241 e. The molecular weight excluding hydrogens is 395 g/mol. The minimum Gasteiger partial charge on any atom is -0.249 e. The van der Waals surface area contributed by atoms with Crippen LogP contribution in [0.5, 0.6) is 0 Å². The van der Waals surface area contributed by atoms with E-state index in [9.17, 15) is 8.42 Å². The normalized spacial score (nSPS) is 12.9. The molecule has 26 heavy (non-hydrogen) atoms. The van der Waals surface area contributed by atoms with Gasteiger partial charge in [-0.05, 0) is 36.2 Å². The Bertz CT molecular complexity index is 1010. The molecular formula is C17H16Cl2N4O2S. The topological polar surface area (TPSA) is 76.9 Å². The van der Waals surface area contributed by atoms with Gasteiger partial charge < -0.3 is 0 Å². The third-order valence-corrected chi connectivity index (χ3v) is 6.03. The molecule has 0 spiro atoms. The first-order valence-electron chi connectivity index (χ1n) is 7.74. The van der Waals surface area contributed by atoms with Crippen LogP contribution in [0.15, 0.2) is 60.0 Å². The van der Waals surface area contributed by atoms with Crippen LogP contribution in [0, 0.1) is 0 Å². The number of rotatable bonds is 6. The number of benzene rings is 2. The molecule has 3 aromatic rings. The van der Waals surface area contributed by atoms with Crippen molar-refractivity contribution in [2.75, 3.05) is 0 Å². The summed E-state index contributed by atoms with van der Waals surface area (Å²) in [4.78, 5) is 4.06. The summed E-state index contributed by atoms with van der Waals surface area (Å²) in [7, 11) is -3.77. The fourth-order valence-electron chi connectivity index (χ4n) is 2.60. The van der Waals surface area contributed by atoms with Gasteiger partial charge in [-0.1, -0.05) is 47.5 Å². The average Bonchev–Trinajstić information content (AvgIpc) is 3.07. The number of hydrogen-bond donors (Lipinski definition) is 1. The Hall–Kier alpha value is -1.93. The van der Waals surface area contributed by atoms with Crippen LogP contribution in [0.3, 0.4) is 0 Å². The Kier molecular flexibility index (Phi) is 5.62. The predicted molar refractivity (Wildman–Crippen MR) is 101 cm³/mol. The third kappa shape index (κ3) is 4.24. The lowest BCUT2D eigenvalue weighted by Crippen LogP contribution is -2.28. The lowest BCUT2D eigenvalue weighted by molar-refractivity contribution is 0.564. The van der Waals surface area contributed by atoms with Crippen LogP contribution in [-0.4, -0.2) is 23.2 Å². The van der Waals surface area contributed by atoms with Gasteiger partial charge in [0, 0.05) is 16.1 Å². The van der Waals surface area contributed by atoms with Crippen molar-refractivity contribution in [2.24, 2.45) is 0 Å². The molecule has 0 aliphatic carbocycles. The Balaban J connectivity index is 1.88. The van der Waals surface area contributed by atoms with Gasteiger partial charge in [0.2, 0.25) is 10.0 Å². The van der Waals surface area contributed by atoms with E-state index in [2.05, 4.69) is 14.8 Å². The quantitative estimate of drug-likeness (QED) is 0.672. The van der Waals surface area contributed by atoms with Crippen molar-refractivity contribution in [3.63, 3.8) is 0 Å². The summed E-state index contributed by atoms with van der Waals surface area (Å²) in [5, 5.41) is 4.92. The molecule has 0 bridgehead atoms. The van der Waals surface area contributed by atoms with Crippen molar-refractivity contribution in [1.82, 2.24) is 19.5 Å². The van der Waals surface area contributed by atoms with E-state index < -0.39 is 16.1 Å². The van der Waals surface area contributed by atoms with E-state index in [1.54, 1.807) is 54.1 Å². The molecule has 2 aromatic carbocycles. The van der Waals surface area contributed by atoms with Gasteiger partial charge >= 0.3 is 0 Å². The van der Waals surface area contributed by atoms with E-state index in [-0.39, 0.29) is 4.90 Å². The number of aromatic nitrogens is 3. The van der Waals surface area contributed by atoms with Gasteiger partial charge in [0.25, 0.3) is 0 Å². The molecule has 1 unspecified atom stereocenters. The minimum atomic E-state index is -3.77. The second-order valence-corrected chi connectivity index (χ2v) is 8.24. The highest BCUT2D eigenvalue weighted by atomic mass is 35.5. The van der Waals surface area contributed by atoms with Crippen LogP contribution >= 0.6 is 23.2 Å². The molecule has 9 heteroatoms. The molecule has 6 nitrogen and oxygen atoms in total. The fraction of sp³-hybridized carbons (Fsp3) is 0.176. The number of sulfonamides is 1. The Morgan fingerprint density at radius 1 is 1.19 bits per heavy atom. The fourth-order valence-corrected chi connectivity index (χ4v) is 4.62. The first-order chi connectivity index (χ1) is 12.4. The number of nitrogens with zero attached hydrogens (tertiary/aromatic N) is 3. The highest BCUT2D eigenvalue weighted by Crippen LogP contribution is 2.27. The number of halogens is 2. The second-order valence-electron chi connectivity index (χ2n) is 5.71. The average molecular weight is 411 g/mol. The summed E-state index contributed by atoms with van der Waals surface area (Å²) in [6.07, 6.45) is 2.94. The highest BCUT2D eigenvalue weighted by Gasteiger charge is 2.22. The zero-order valence-corrected chi connectivity index (χ0v) is 16.1. The van der Waals surface area contributed by atoms with Gasteiger partial charge in [-0.15, -0.1) is 0 Å². The summed E-state index contributed by atoms with van der Waals surface area (Å²) < 4.78 is 30.1. The number of hydrogen-bond acceptors (Lipinski definition) is 4. The molecule has 1 N–H and O–H groups in total. The molecule has 0 aliphatic rings. The maximum absolute atomic E-state index is 12.9. The molecule has 0 amide bonds. The maximum atomic E-state index is 12.9. The molecule has 136 valence electrons. The molecule has 1 aromatic heterocycles.